The second-order valence-electron chi connectivity index (χ2n) is 5.06. The molecule has 0 fully saturated rings. The van der Waals surface area contributed by atoms with Crippen molar-refractivity contribution in [1.29, 1.82) is 0 Å². The topological polar surface area (TPSA) is 76.5 Å². The number of carbonyl (C=O) groups is 2. The Morgan fingerprint density at radius 2 is 2.08 bits per heavy atom. The molecule has 1 N–H and O–H groups in total. The monoisotopic (exact) mass is 370 g/mol. The van der Waals surface area contributed by atoms with Gasteiger partial charge in [0.1, 0.15) is 5.56 Å². The van der Waals surface area contributed by atoms with Gasteiger partial charge in [0.15, 0.2) is 0 Å². The molecule has 0 radical (unpaired) electrons. The molecule has 0 spiro atoms. The summed E-state index contributed by atoms with van der Waals surface area (Å²) in [5, 5.41) is 7.43. The zero-order valence-electron chi connectivity index (χ0n) is 13.3. The van der Waals surface area contributed by atoms with Gasteiger partial charge in [-0.2, -0.15) is 0 Å². The minimum Gasteiger partial charge on any atom is -0.479 e. The van der Waals surface area contributed by atoms with Gasteiger partial charge in [0.25, 0.3) is 5.91 Å². The third kappa shape index (κ3) is 4.18. The lowest BCUT2D eigenvalue weighted by atomic mass is 10.3. The Kier molecular flexibility index (Phi) is 5.69. The van der Waals surface area contributed by atoms with E-state index in [-0.39, 0.29) is 23.9 Å². The molecule has 9 heteroatoms. The molecule has 24 heavy (non-hydrogen) atoms. The van der Waals surface area contributed by atoms with Gasteiger partial charge in [0.05, 0.1) is 24.4 Å². The summed E-state index contributed by atoms with van der Waals surface area (Å²) in [7, 11) is 4.61. The van der Waals surface area contributed by atoms with Crippen LogP contribution in [0.25, 0.3) is 0 Å². The van der Waals surface area contributed by atoms with Gasteiger partial charge in [-0.15, -0.1) is 5.10 Å². The van der Waals surface area contributed by atoms with Crippen LogP contribution in [0.1, 0.15) is 10.4 Å². The van der Waals surface area contributed by atoms with E-state index in [0.717, 1.165) is 0 Å². The van der Waals surface area contributed by atoms with E-state index in [9.17, 15) is 9.59 Å². The Morgan fingerprint density at radius 1 is 1.38 bits per heavy atom. The van der Waals surface area contributed by atoms with Gasteiger partial charge in [0.2, 0.25) is 11.8 Å². The molecule has 1 aromatic heterocycles. The van der Waals surface area contributed by atoms with Gasteiger partial charge >= 0.3 is 0 Å². The van der Waals surface area contributed by atoms with Gasteiger partial charge < -0.3 is 15.0 Å². The molecule has 7 nitrogen and oxygen atoms in total. The van der Waals surface area contributed by atoms with Crippen LogP contribution in [0.5, 0.6) is 5.88 Å². The number of likely N-dealkylation sites (N-methyl/N-ethyl adjacent to an activating group) is 1. The fourth-order valence-corrected chi connectivity index (χ4v) is 2.49. The SMILES string of the molecule is COc1nn(C)cc1C(=O)N(C)CC(=O)Nc1ccc(Cl)cc1Cl. The fraction of sp³-hybridized carbons (Fsp3) is 0.267. The first-order chi connectivity index (χ1) is 11.3. The number of nitrogens with one attached hydrogen (secondary N) is 1. The van der Waals surface area contributed by atoms with Gasteiger partial charge in [-0.3, -0.25) is 14.3 Å². The number of hydrogen-bond donors (Lipinski definition) is 1. The fourth-order valence-electron chi connectivity index (χ4n) is 2.04. The molecule has 1 heterocycles. The summed E-state index contributed by atoms with van der Waals surface area (Å²) in [6, 6.07) is 4.72. The first-order valence-corrected chi connectivity index (χ1v) is 7.65. The predicted molar refractivity (Wildman–Crippen MR) is 91.8 cm³/mol. The number of halogens is 2. The van der Waals surface area contributed by atoms with Crippen LogP contribution in [0, 0.1) is 0 Å². The van der Waals surface area contributed by atoms with E-state index in [1.165, 1.54) is 36.0 Å². The second-order valence-corrected chi connectivity index (χ2v) is 5.90. The van der Waals surface area contributed by atoms with Crippen molar-refractivity contribution in [3.05, 3.63) is 40.0 Å². The van der Waals surface area contributed by atoms with Crippen molar-refractivity contribution in [3.8, 4) is 5.88 Å². The first-order valence-electron chi connectivity index (χ1n) is 6.89. The number of anilines is 1. The minimum absolute atomic E-state index is 0.157. The maximum absolute atomic E-state index is 12.4. The lowest BCUT2D eigenvalue weighted by Gasteiger charge is -2.16. The average molecular weight is 371 g/mol. The molecule has 2 aromatic rings. The van der Waals surface area contributed by atoms with Crippen molar-refractivity contribution >= 4 is 40.7 Å². The smallest absolute Gasteiger partial charge is 0.261 e. The van der Waals surface area contributed by atoms with Crippen molar-refractivity contribution in [2.45, 2.75) is 0 Å². The Balaban J connectivity index is 2.04. The zero-order chi connectivity index (χ0) is 17.9. The van der Waals surface area contributed by atoms with E-state index in [4.69, 9.17) is 27.9 Å². The lowest BCUT2D eigenvalue weighted by molar-refractivity contribution is -0.116. The molecule has 128 valence electrons. The van der Waals surface area contributed by atoms with Crippen molar-refractivity contribution in [2.75, 3.05) is 26.0 Å². The van der Waals surface area contributed by atoms with Crippen LogP contribution in [-0.2, 0) is 11.8 Å². The number of aromatic nitrogens is 2. The van der Waals surface area contributed by atoms with Crippen LogP contribution in [0.15, 0.2) is 24.4 Å². The molecular weight excluding hydrogens is 355 g/mol. The third-order valence-corrected chi connectivity index (χ3v) is 3.70. The van der Waals surface area contributed by atoms with Crippen molar-refractivity contribution < 1.29 is 14.3 Å². The summed E-state index contributed by atoms with van der Waals surface area (Å²) in [6.45, 7) is -0.157. The summed E-state index contributed by atoms with van der Waals surface area (Å²) < 4.78 is 6.52. The molecule has 1 aromatic carbocycles. The number of carbonyl (C=O) groups excluding carboxylic acids is 2. The summed E-state index contributed by atoms with van der Waals surface area (Å²) in [5.41, 5.74) is 0.700. The van der Waals surface area contributed by atoms with Crippen molar-refractivity contribution in [3.63, 3.8) is 0 Å². The Morgan fingerprint density at radius 3 is 2.71 bits per heavy atom. The number of rotatable bonds is 5. The van der Waals surface area contributed by atoms with Gasteiger partial charge in [-0.1, -0.05) is 23.2 Å². The van der Waals surface area contributed by atoms with Crippen LogP contribution in [0.2, 0.25) is 10.0 Å². The highest BCUT2D eigenvalue weighted by Crippen LogP contribution is 2.25. The predicted octanol–water partition coefficient (Wildman–Crippen LogP) is 2.45. The number of methoxy groups -OCH3 is 1. The van der Waals surface area contributed by atoms with E-state index in [2.05, 4.69) is 10.4 Å². The molecular formula is C15H16Cl2N4O3. The molecule has 2 amide bonds. The van der Waals surface area contributed by atoms with Crippen LogP contribution >= 0.6 is 23.2 Å². The Labute approximate surface area is 149 Å². The molecule has 0 aliphatic heterocycles. The summed E-state index contributed by atoms with van der Waals surface area (Å²) in [6.07, 6.45) is 1.53. The normalized spacial score (nSPS) is 10.4. The van der Waals surface area contributed by atoms with Crippen molar-refractivity contribution in [1.82, 2.24) is 14.7 Å². The van der Waals surface area contributed by atoms with Gasteiger partial charge in [0, 0.05) is 25.3 Å². The quantitative estimate of drug-likeness (QED) is 0.876. The molecule has 0 aliphatic carbocycles. The maximum atomic E-state index is 12.4. The van der Waals surface area contributed by atoms with E-state index < -0.39 is 5.91 Å². The van der Waals surface area contributed by atoms with E-state index in [0.29, 0.717) is 15.7 Å². The zero-order valence-corrected chi connectivity index (χ0v) is 14.9. The molecule has 0 saturated carbocycles. The highest BCUT2D eigenvalue weighted by molar-refractivity contribution is 6.36. The molecule has 0 bridgehead atoms. The van der Waals surface area contributed by atoms with Crippen LogP contribution in [-0.4, -0.2) is 47.2 Å². The number of nitrogens with zero attached hydrogens (tertiary/aromatic N) is 3. The lowest BCUT2D eigenvalue weighted by Crippen LogP contribution is -2.35. The largest absolute Gasteiger partial charge is 0.479 e. The van der Waals surface area contributed by atoms with E-state index >= 15 is 0 Å². The summed E-state index contributed by atoms with van der Waals surface area (Å²) in [5.74, 6) is -0.564. The number of hydrogen-bond acceptors (Lipinski definition) is 4. The number of aryl methyl sites for hydroxylation is 1. The molecule has 0 aliphatic rings. The van der Waals surface area contributed by atoms with E-state index in [1.54, 1.807) is 19.2 Å². The average Bonchev–Trinajstić information content (AvgIpc) is 2.90. The van der Waals surface area contributed by atoms with Crippen molar-refractivity contribution in [2.24, 2.45) is 7.05 Å². The standard InChI is InChI=1S/C15H16Cl2N4O3/c1-20(15(23)10-7-21(2)19-14(10)24-3)8-13(22)18-12-5-4-9(16)6-11(12)17/h4-7H,8H2,1-3H3,(H,18,22). The van der Waals surface area contributed by atoms with Crippen LogP contribution in [0.4, 0.5) is 5.69 Å². The summed E-state index contributed by atoms with van der Waals surface area (Å²) in [4.78, 5) is 25.8. The summed E-state index contributed by atoms with van der Waals surface area (Å²) >= 11 is 11.8. The van der Waals surface area contributed by atoms with Gasteiger partial charge in [-0.25, -0.2) is 0 Å². The second kappa shape index (κ2) is 7.55. The molecule has 0 unspecified atom stereocenters. The van der Waals surface area contributed by atoms with Gasteiger partial charge in [-0.05, 0) is 18.2 Å². The molecule has 2 rings (SSSR count). The van der Waals surface area contributed by atoms with E-state index in [1.807, 2.05) is 0 Å². The number of ether oxygens (including phenoxy) is 1. The van der Waals surface area contributed by atoms with Crippen LogP contribution < -0.4 is 10.1 Å². The molecule has 0 atom stereocenters. The maximum Gasteiger partial charge on any atom is 0.261 e. The number of amides is 2. The third-order valence-electron chi connectivity index (χ3n) is 3.15. The highest BCUT2D eigenvalue weighted by Gasteiger charge is 2.21. The first kappa shape index (κ1) is 18.1. The Hall–Kier alpha value is -2.25. The van der Waals surface area contributed by atoms with Crippen LogP contribution in [0.3, 0.4) is 0 Å². The number of benzene rings is 1. The minimum atomic E-state index is -0.391. The Bertz CT molecular complexity index is 776. The molecule has 0 saturated heterocycles. The highest BCUT2D eigenvalue weighted by atomic mass is 35.5.